The van der Waals surface area contributed by atoms with Gasteiger partial charge < -0.3 is 18.9 Å². The molecule has 0 aliphatic carbocycles. The first-order valence-electron chi connectivity index (χ1n) is 6.57. The first-order valence-corrected chi connectivity index (χ1v) is 6.57. The maximum absolute atomic E-state index is 14.4. The molecule has 0 N–H and O–H groups in total. The molecule has 138 valence electrons. The predicted octanol–water partition coefficient (Wildman–Crippen LogP) is 1.98. The van der Waals surface area contributed by atoms with Crippen LogP contribution in [-0.4, -0.2) is 55.2 Å². The van der Waals surface area contributed by atoms with E-state index in [4.69, 9.17) is 4.74 Å². The van der Waals surface area contributed by atoms with E-state index < -0.39 is 48.6 Å². The van der Waals surface area contributed by atoms with Gasteiger partial charge in [0.1, 0.15) is 6.10 Å². The van der Waals surface area contributed by atoms with Crippen molar-refractivity contribution in [2.45, 2.75) is 43.9 Å². The largest absolute Gasteiger partial charge is 0.462 e. The van der Waals surface area contributed by atoms with Gasteiger partial charge in [0.05, 0.1) is 13.2 Å². The molecule has 1 aliphatic heterocycles. The Hall–Kier alpha value is -1.75. The second-order valence-electron chi connectivity index (χ2n) is 4.84. The third-order valence-electron chi connectivity index (χ3n) is 2.92. The van der Waals surface area contributed by atoms with E-state index >= 15 is 0 Å². The summed E-state index contributed by atoms with van der Waals surface area (Å²) in [6.07, 6.45) is -9.27. The predicted molar refractivity (Wildman–Crippen MR) is 66.9 cm³/mol. The average Bonchev–Trinajstić information content (AvgIpc) is 2.59. The standard InChI is InChI=1S/C13H15F5O6/c1-4-5-21-6-9-10(22-7(2)19)11(14,15)12(24-9,13(16,17)18)23-8(3)20/h4,9-10H,1,5-6H2,2-3H3. The highest BCUT2D eigenvalue weighted by molar-refractivity contribution is 5.67. The van der Waals surface area contributed by atoms with Crippen LogP contribution in [0.25, 0.3) is 0 Å². The summed E-state index contributed by atoms with van der Waals surface area (Å²) in [5, 5.41) is 0. The Bertz CT molecular complexity index is 506. The normalized spacial score (nSPS) is 29.1. The number of ether oxygens (including phenoxy) is 4. The molecular formula is C13H15F5O6. The molecule has 1 fully saturated rings. The van der Waals surface area contributed by atoms with Crippen LogP contribution in [0.5, 0.6) is 0 Å². The fraction of sp³-hybridized carbons (Fsp3) is 0.692. The SMILES string of the molecule is C=CCOCC1OC(OC(C)=O)(C(F)(F)F)C(F)(F)C1OC(C)=O. The molecule has 1 aliphatic rings. The van der Waals surface area contributed by atoms with Crippen molar-refractivity contribution in [1.29, 1.82) is 0 Å². The van der Waals surface area contributed by atoms with Crippen molar-refractivity contribution in [2.24, 2.45) is 0 Å². The zero-order valence-electron chi connectivity index (χ0n) is 12.7. The van der Waals surface area contributed by atoms with Crippen molar-refractivity contribution in [3.8, 4) is 0 Å². The number of alkyl halides is 5. The van der Waals surface area contributed by atoms with Gasteiger partial charge >= 0.3 is 29.8 Å². The maximum Gasteiger partial charge on any atom is 0.462 e. The van der Waals surface area contributed by atoms with Crippen molar-refractivity contribution in [3.63, 3.8) is 0 Å². The lowest BCUT2D eigenvalue weighted by Crippen LogP contribution is -2.62. The van der Waals surface area contributed by atoms with E-state index in [1.54, 1.807) is 0 Å². The molecule has 0 bridgehead atoms. The lowest BCUT2D eigenvalue weighted by atomic mass is 10.0. The van der Waals surface area contributed by atoms with Gasteiger partial charge in [-0.05, 0) is 0 Å². The Kier molecular flexibility index (Phi) is 5.93. The van der Waals surface area contributed by atoms with Gasteiger partial charge in [-0.2, -0.15) is 22.0 Å². The Morgan fingerprint density at radius 1 is 1.25 bits per heavy atom. The Morgan fingerprint density at radius 2 is 1.83 bits per heavy atom. The van der Waals surface area contributed by atoms with E-state index in [0.29, 0.717) is 6.92 Å². The highest BCUT2D eigenvalue weighted by atomic mass is 19.4. The summed E-state index contributed by atoms with van der Waals surface area (Å²) in [7, 11) is 0. The maximum atomic E-state index is 14.4. The van der Waals surface area contributed by atoms with Crippen LogP contribution in [-0.2, 0) is 28.5 Å². The van der Waals surface area contributed by atoms with Crippen LogP contribution in [0.2, 0.25) is 0 Å². The second kappa shape index (κ2) is 7.01. The Balaban J connectivity index is 3.31. The summed E-state index contributed by atoms with van der Waals surface area (Å²) in [4.78, 5) is 21.9. The first-order chi connectivity index (χ1) is 10.9. The highest BCUT2D eigenvalue weighted by Gasteiger charge is 2.84. The minimum atomic E-state index is -5.80. The average molecular weight is 362 g/mol. The molecule has 0 spiro atoms. The van der Waals surface area contributed by atoms with Crippen LogP contribution in [0, 0.1) is 0 Å². The molecule has 24 heavy (non-hydrogen) atoms. The van der Waals surface area contributed by atoms with Crippen molar-refractivity contribution < 1.29 is 50.5 Å². The van der Waals surface area contributed by atoms with Crippen molar-refractivity contribution >= 4 is 11.9 Å². The van der Waals surface area contributed by atoms with E-state index in [1.807, 2.05) is 0 Å². The van der Waals surface area contributed by atoms with Crippen LogP contribution in [0.1, 0.15) is 13.8 Å². The minimum Gasteiger partial charge on any atom is -0.453 e. The summed E-state index contributed by atoms with van der Waals surface area (Å²) >= 11 is 0. The van der Waals surface area contributed by atoms with Gasteiger partial charge in [-0.25, -0.2) is 0 Å². The van der Waals surface area contributed by atoms with Gasteiger partial charge in [0.25, 0.3) is 0 Å². The zero-order valence-corrected chi connectivity index (χ0v) is 12.7. The fourth-order valence-electron chi connectivity index (χ4n) is 2.10. The quantitative estimate of drug-likeness (QED) is 0.311. The van der Waals surface area contributed by atoms with Crippen LogP contribution in [0.3, 0.4) is 0 Å². The molecule has 0 aromatic heterocycles. The van der Waals surface area contributed by atoms with E-state index in [2.05, 4.69) is 20.8 Å². The number of hydrogen-bond acceptors (Lipinski definition) is 6. The number of esters is 2. The van der Waals surface area contributed by atoms with Gasteiger partial charge in [0, 0.05) is 13.8 Å². The third kappa shape index (κ3) is 3.66. The Morgan fingerprint density at radius 3 is 2.25 bits per heavy atom. The monoisotopic (exact) mass is 362 g/mol. The van der Waals surface area contributed by atoms with Crippen LogP contribution < -0.4 is 0 Å². The lowest BCUT2D eigenvalue weighted by Gasteiger charge is -2.34. The molecule has 1 heterocycles. The molecule has 0 amide bonds. The molecular weight excluding hydrogens is 347 g/mol. The van der Waals surface area contributed by atoms with Gasteiger partial charge in [-0.15, -0.1) is 6.58 Å². The van der Waals surface area contributed by atoms with E-state index in [1.165, 1.54) is 6.08 Å². The Labute approximate surface area is 133 Å². The van der Waals surface area contributed by atoms with E-state index in [9.17, 15) is 31.5 Å². The summed E-state index contributed by atoms with van der Waals surface area (Å²) in [6, 6.07) is 0. The summed E-state index contributed by atoms with van der Waals surface area (Å²) in [5.74, 6) is -12.4. The molecule has 3 atom stereocenters. The summed E-state index contributed by atoms with van der Waals surface area (Å²) in [6.45, 7) is 3.57. The van der Waals surface area contributed by atoms with Gasteiger partial charge in [0.15, 0.2) is 0 Å². The van der Waals surface area contributed by atoms with Crippen molar-refractivity contribution in [1.82, 2.24) is 0 Å². The summed E-state index contributed by atoms with van der Waals surface area (Å²) in [5.41, 5.74) is 0. The molecule has 3 unspecified atom stereocenters. The number of halogens is 5. The van der Waals surface area contributed by atoms with E-state index in [-0.39, 0.29) is 6.61 Å². The zero-order chi connectivity index (χ0) is 18.8. The van der Waals surface area contributed by atoms with Crippen LogP contribution >= 0.6 is 0 Å². The molecule has 0 aromatic carbocycles. The van der Waals surface area contributed by atoms with Gasteiger partial charge in [-0.1, -0.05) is 6.08 Å². The number of carbonyl (C=O) groups is 2. The van der Waals surface area contributed by atoms with Gasteiger partial charge in [-0.3, -0.25) is 9.59 Å². The first kappa shape index (κ1) is 20.3. The number of hydrogen-bond donors (Lipinski definition) is 0. The van der Waals surface area contributed by atoms with Crippen molar-refractivity contribution in [2.75, 3.05) is 13.2 Å². The fourth-order valence-corrected chi connectivity index (χ4v) is 2.10. The molecule has 6 nitrogen and oxygen atoms in total. The summed E-state index contributed by atoms with van der Waals surface area (Å²) < 4.78 is 85.9. The molecule has 0 radical (unpaired) electrons. The highest BCUT2D eigenvalue weighted by Crippen LogP contribution is 2.54. The molecule has 0 saturated carbocycles. The minimum absolute atomic E-state index is 0.176. The third-order valence-corrected chi connectivity index (χ3v) is 2.92. The molecule has 0 aromatic rings. The number of carbonyl (C=O) groups excluding carboxylic acids is 2. The smallest absolute Gasteiger partial charge is 0.453 e. The van der Waals surface area contributed by atoms with Crippen LogP contribution in [0.4, 0.5) is 22.0 Å². The lowest BCUT2D eigenvalue weighted by molar-refractivity contribution is -0.409. The van der Waals surface area contributed by atoms with Crippen LogP contribution in [0.15, 0.2) is 12.7 Å². The molecule has 11 heteroatoms. The molecule has 1 saturated heterocycles. The van der Waals surface area contributed by atoms with Crippen molar-refractivity contribution in [3.05, 3.63) is 12.7 Å². The molecule has 1 rings (SSSR count). The second-order valence-corrected chi connectivity index (χ2v) is 4.84. The number of rotatable bonds is 6. The van der Waals surface area contributed by atoms with E-state index in [0.717, 1.165) is 6.92 Å². The van der Waals surface area contributed by atoms with Gasteiger partial charge in [0.2, 0.25) is 6.10 Å². The topological polar surface area (TPSA) is 71.1 Å².